The number of piperidine rings is 1. The Kier molecular flexibility index (Phi) is 3.87. The zero-order valence-corrected chi connectivity index (χ0v) is 12.4. The molecule has 112 valence electrons. The lowest BCUT2D eigenvalue weighted by Crippen LogP contribution is -2.43. The van der Waals surface area contributed by atoms with Crippen LogP contribution >= 0.6 is 0 Å². The molecular weight excluding hydrogens is 260 g/mol. The van der Waals surface area contributed by atoms with Crippen molar-refractivity contribution in [2.24, 2.45) is 5.92 Å². The van der Waals surface area contributed by atoms with Crippen molar-refractivity contribution in [3.05, 3.63) is 5.89 Å². The van der Waals surface area contributed by atoms with Gasteiger partial charge in [-0.3, -0.25) is 4.90 Å². The molecule has 2 rings (SSSR count). The van der Waals surface area contributed by atoms with Crippen molar-refractivity contribution in [2.45, 2.75) is 52.2 Å². The van der Waals surface area contributed by atoms with Gasteiger partial charge in [0, 0.05) is 6.54 Å². The van der Waals surface area contributed by atoms with Crippen LogP contribution in [0.3, 0.4) is 0 Å². The van der Waals surface area contributed by atoms with Gasteiger partial charge < -0.3 is 15.0 Å². The van der Waals surface area contributed by atoms with Gasteiger partial charge in [0.25, 0.3) is 11.8 Å². The van der Waals surface area contributed by atoms with E-state index in [0.717, 1.165) is 12.8 Å². The highest BCUT2D eigenvalue weighted by molar-refractivity contribution is 5.68. The summed E-state index contributed by atoms with van der Waals surface area (Å²) in [5.74, 6) is 0.939. The fraction of sp³-hybridized carbons (Fsp3) is 0.769. The van der Waals surface area contributed by atoms with Crippen LogP contribution in [-0.4, -0.2) is 33.3 Å². The lowest BCUT2D eigenvalue weighted by molar-refractivity contribution is 0.000424. The molecule has 2 N–H and O–H groups in total. The monoisotopic (exact) mass is 282 g/mol. The lowest BCUT2D eigenvalue weighted by Gasteiger charge is -2.37. The first kappa shape index (κ1) is 14.6. The lowest BCUT2D eigenvalue weighted by atomic mass is 9.92. The number of carbonyl (C=O) groups is 1. The number of likely N-dealkylation sites (tertiary alicyclic amines) is 1. The molecule has 0 aromatic carbocycles. The Morgan fingerprint density at radius 3 is 2.75 bits per heavy atom. The highest BCUT2D eigenvalue weighted by Gasteiger charge is 2.36. The molecule has 0 saturated carbocycles. The maximum Gasteiger partial charge on any atom is 0.410 e. The number of ether oxygens (including phenoxy) is 1. The number of hydrogen-bond donors (Lipinski definition) is 1. The summed E-state index contributed by atoms with van der Waals surface area (Å²) in [4.78, 5) is 18.0. The Hall–Kier alpha value is -1.79. The van der Waals surface area contributed by atoms with Crippen molar-refractivity contribution in [3.63, 3.8) is 0 Å². The molecule has 2 heterocycles. The molecule has 7 heteroatoms. The largest absolute Gasteiger partial charge is 0.444 e. The molecule has 1 aliphatic heterocycles. The van der Waals surface area contributed by atoms with Gasteiger partial charge in [-0.25, -0.2) is 4.79 Å². The van der Waals surface area contributed by atoms with E-state index in [4.69, 9.17) is 15.0 Å². The SMILES string of the molecule is C[C@@H]1CCN(C(=O)OC(C)(C)C)[C@@H](c2nc(N)no2)C1. The molecule has 1 aromatic heterocycles. The summed E-state index contributed by atoms with van der Waals surface area (Å²) in [5.41, 5.74) is 4.96. The number of nitrogen functional groups attached to an aromatic ring is 1. The number of rotatable bonds is 1. The second-order valence-corrected chi connectivity index (χ2v) is 6.31. The van der Waals surface area contributed by atoms with E-state index in [2.05, 4.69) is 17.1 Å². The summed E-state index contributed by atoms with van der Waals surface area (Å²) >= 11 is 0. The first-order valence-corrected chi connectivity index (χ1v) is 6.85. The highest BCUT2D eigenvalue weighted by atomic mass is 16.6. The summed E-state index contributed by atoms with van der Waals surface area (Å²) in [6.07, 6.45) is 1.34. The minimum Gasteiger partial charge on any atom is -0.444 e. The van der Waals surface area contributed by atoms with Crippen LogP contribution < -0.4 is 5.73 Å². The van der Waals surface area contributed by atoms with E-state index >= 15 is 0 Å². The van der Waals surface area contributed by atoms with Gasteiger partial charge in [0.2, 0.25) is 0 Å². The van der Waals surface area contributed by atoms with Gasteiger partial charge in [-0.05, 0) is 44.7 Å². The predicted octanol–water partition coefficient (Wildman–Crippen LogP) is 2.36. The van der Waals surface area contributed by atoms with E-state index in [1.165, 1.54) is 0 Å². The normalized spacial score (nSPS) is 23.7. The predicted molar refractivity (Wildman–Crippen MR) is 72.8 cm³/mol. The summed E-state index contributed by atoms with van der Waals surface area (Å²) in [6.45, 7) is 8.29. The Labute approximate surface area is 118 Å². The zero-order chi connectivity index (χ0) is 14.9. The van der Waals surface area contributed by atoms with Crippen molar-refractivity contribution in [1.82, 2.24) is 15.0 Å². The van der Waals surface area contributed by atoms with Gasteiger partial charge in [0.05, 0.1) is 0 Å². The quantitative estimate of drug-likeness (QED) is 0.849. The second-order valence-electron chi connectivity index (χ2n) is 6.31. The van der Waals surface area contributed by atoms with Crippen molar-refractivity contribution in [3.8, 4) is 0 Å². The molecule has 1 fully saturated rings. The van der Waals surface area contributed by atoms with Gasteiger partial charge in [-0.2, -0.15) is 4.98 Å². The van der Waals surface area contributed by atoms with Crippen LogP contribution in [0.1, 0.15) is 52.5 Å². The van der Waals surface area contributed by atoms with Gasteiger partial charge >= 0.3 is 6.09 Å². The Balaban J connectivity index is 2.18. The molecular formula is C13H22N4O3. The van der Waals surface area contributed by atoms with E-state index in [1.807, 2.05) is 20.8 Å². The number of hydrogen-bond acceptors (Lipinski definition) is 6. The third-order valence-electron chi connectivity index (χ3n) is 3.24. The first-order valence-electron chi connectivity index (χ1n) is 6.85. The fourth-order valence-corrected chi connectivity index (χ4v) is 2.30. The third kappa shape index (κ3) is 3.40. The number of nitrogens with two attached hydrogens (primary N) is 1. The summed E-state index contributed by atoms with van der Waals surface area (Å²) in [6, 6.07) is -0.265. The zero-order valence-electron chi connectivity index (χ0n) is 12.4. The van der Waals surface area contributed by atoms with Crippen molar-refractivity contribution in [1.29, 1.82) is 0 Å². The maximum atomic E-state index is 12.3. The van der Waals surface area contributed by atoms with Crippen molar-refractivity contribution >= 4 is 12.0 Å². The molecule has 2 atom stereocenters. The molecule has 1 aliphatic rings. The molecule has 1 aromatic rings. The van der Waals surface area contributed by atoms with Crippen LogP contribution in [0.25, 0.3) is 0 Å². The van der Waals surface area contributed by atoms with Crippen LogP contribution in [-0.2, 0) is 4.74 Å². The highest BCUT2D eigenvalue weighted by Crippen LogP contribution is 2.34. The standard InChI is InChI=1S/C13H22N4O3/c1-8-5-6-17(12(18)19-13(2,3)4)9(7-8)10-15-11(14)16-20-10/h8-9H,5-7H2,1-4H3,(H2,14,16)/t8-,9-/m1/s1. The minimum atomic E-state index is -0.529. The average molecular weight is 282 g/mol. The molecule has 20 heavy (non-hydrogen) atoms. The Morgan fingerprint density at radius 1 is 1.50 bits per heavy atom. The van der Waals surface area contributed by atoms with Crippen LogP contribution in [0, 0.1) is 5.92 Å². The van der Waals surface area contributed by atoms with E-state index in [9.17, 15) is 4.79 Å². The van der Waals surface area contributed by atoms with Crippen LogP contribution in [0.15, 0.2) is 4.52 Å². The molecule has 0 unspecified atom stereocenters. The van der Waals surface area contributed by atoms with E-state index in [1.54, 1.807) is 4.90 Å². The van der Waals surface area contributed by atoms with Crippen LogP contribution in [0.2, 0.25) is 0 Å². The van der Waals surface area contributed by atoms with Gasteiger partial charge in [0.15, 0.2) is 0 Å². The molecule has 0 radical (unpaired) electrons. The number of aromatic nitrogens is 2. The molecule has 0 spiro atoms. The third-order valence-corrected chi connectivity index (χ3v) is 3.24. The number of anilines is 1. The molecule has 0 bridgehead atoms. The van der Waals surface area contributed by atoms with Crippen molar-refractivity contribution in [2.75, 3.05) is 12.3 Å². The fourth-order valence-electron chi connectivity index (χ4n) is 2.30. The summed E-state index contributed by atoms with van der Waals surface area (Å²) < 4.78 is 10.6. The summed E-state index contributed by atoms with van der Waals surface area (Å²) in [7, 11) is 0. The summed E-state index contributed by atoms with van der Waals surface area (Å²) in [5, 5.41) is 3.60. The minimum absolute atomic E-state index is 0.0855. The molecule has 0 aliphatic carbocycles. The maximum absolute atomic E-state index is 12.3. The van der Waals surface area contributed by atoms with Gasteiger partial charge in [-0.15, -0.1) is 0 Å². The van der Waals surface area contributed by atoms with Crippen molar-refractivity contribution < 1.29 is 14.1 Å². The number of carbonyl (C=O) groups excluding carboxylic acids is 1. The molecule has 1 saturated heterocycles. The topological polar surface area (TPSA) is 94.5 Å². The second kappa shape index (κ2) is 5.30. The van der Waals surface area contributed by atoms with E-state index < -0.39 is 5.60 Å². The molecule has 1 amide bonds. The number of nitrogens with zero attached hydrogens (tertiary/aromatic N) is 3. The Morgan fingerprint density at radius 2 is 2.20 bits per heavy atom. The van der Waals surface area contributed by atoms with Gasteiger partial charge in [0.1, 0.15) is 11.6 Å². The number of amides is 1. The van der Waals surface area contributed by atoms with Crippen LogP contribution in [0.4, 0.5) is 10.7 Å². The average Bonchev–Trinajstić information content (AvgIpc) is 2.73. The smallest absolute Gasteiger partial charge is 0.410 e. The van der Waals surface area contributed by atoms with E-state index in [-0.39, 0.29) is 18.1 Å². The molecule has 7 nitrogen and oxygen atoms in total. The van der Waals surface area contributed by atoms with E-state index in [0.29, 0.717) is 18.4 Å². The first-order chi connectivity index (χ1) is 9.26. The Bertz CT molecular complexity index is 480. The van der Waals surface area contributed by atoms with Crippen LogP contribution in [0.5, 0.6) is 0 Å². The van der Waals surface area contributed by atoms with Gasteiger partial charge in [-0.1, -0.05) is 6.92 Å².